The Morgan fingerprint density at radius 1 is 1.42 bits per heavy atom. The highest BCUT2D eigenvalue weighted by molar-refractivity contribution is 5.39. The fourth-order valence-electron chi connectivity index (χ4n) is 2.74. The molecule has 0 spiro atoms. The number of rotatable bonds is 6. The second-order valence-electron chi connectivity index (χ2n) is 5.30. The first kappa shape index (κ1) is 14.4. The molecule has 0 heterocycles. The van der Waals surface area contributed by atoms with Gasteiger partial charge in [-0.3, -0.25) is 0 Å². The molecule has 1 aliphatic rings. The highest BCUT2D eigenvalue weighted by Gasteiger charge is 2.19. The van der Waals surface area contributed by atoms with Crippen LogP contribution in [0.4, 0.5) is 0 Å². The van der Waals surface area contributed by atoms with Crippen LogP contribution in [0.3, 0.4) is 0 Å². The van der Waals surface area contributed by atoms with E-state index >= 15 is 0 Å². The average molecular weight is 263 g/mol. The lowest BCUT2D eigenvalue weighted by molar-refractivity contribution is 0.135. The molecule has 2 rings (SSSR count). The number of aryl methyl sites for hydroxylation is 1. The van der Waals surface area contributed by atoms with Gasteiger partial charge in [-0.05, 0) is 56.5 Å². The molecular formula is C16H25NO2. The molecule has 2 atom stereocenters. The highest BCUT2D eigenvalue weighted by Crippen LogP contribution is 2.32. The molecule has 0 fully saturated rings. The molecule has 0 bridgehead atoms. The molecule has 1 aliphatic carbocycles. The average Bonchev–Trinajstić information content (AvgIpc) is 2.44. The predicted molar refractivity (Wildman–Crippen MR) is 77.8 cm³/mol. The van der Waals surface area contributed by atoms with E-state index in [1.165, 1.54) is 24.0 Å². The molecule has 0 saturated carbocycles. The summed E-state index contributed by atoms with van der Waals surface area (Å²) < 4.78 is 11.0. The molecule has 0 aliphatic heterocycles. The molecule has 0 saturated heterocycles. The summed E-state index contributed by atoms with van der Waals surface area (Å²) in [6.45, 7) is 2.84. The molecular weight excluding hydrogens is 238 g/mol. The molecule has 1 aromatic rings. The maximum Gasteiger partial charge on any atom is 0.119 e. The number of ether oxygens (including phenoxy) is 2. The standard InChI is InChI=1S/C16H25NO2/c1-12(9-10-18-3)19-14-7-8-15-13(11-14)5-4-6-16(15)17-2/h7-8,11-12,16-17H,4-6,9-10H2,1-3H3. The third kappa shape index (κ3) is 3.71. The molecule has 0 amide bonds. The summed E-state index contributed by atoms with van der Waals surface area (Å²) in [4.78, 5) is 0. The molecule has 1 aromatic carbocycles. The summed E-state index contributed by atoms with van der Waals surface area (Å²) in [5.41, 5.74) is 2.87. The fraction of sp³-hybridized carbons (Fsp3) is 0.625. The topological polar surface area (TPSA) is 30.5 Å². The summed E-state index contributed by atoms with van der Waals surface area (Å²) in [6, 6.07) is 7.03. The maximum absolute atomic E-state index is 5.95. The van der Waals surface area contributed by atoms with Gasteiger partial charge >= 0.3 is 0 Å². The quantitative estimate of drug-likeness (QED) is 0.855. The second-order valence-corrected chi connectivity index (χ2v) is 5.30. The zero-order chi connectivity index (χ0) is 13.7. The molecule has 2 unspecified atom stereocenters. The van der Waals surface area contributed by atoms with Gasteiger partial charge in [0.15, 0.2) is 0 Å². The Morgan fingerprint density at radius 3 is 3.00 bits per heavy atom. The van der Waals surface area contributed by atoms with E-state index in [1.54, 1.807) is 7.11 Å². The van der Waals surface area contributed by atoms with Crippen molar-refractivity contribution in [2.45, 2.75) is 44.8 Å². The van der Waals surface area contributed by atoms with E-state index in [0.29, 0.717) is 6.04 Å². The van der Waals surface area contributed by atoms with Crippen LogP contribution < -0.4 is 10.1 Å². The largest absolute Gasteiger partial charge is 0.491 e. The monoisotopic (exact) mass is 263 g/mol. The SMILES string of the molecule is CNC1CCCc2cc(OC(C)CCOC)ccc21. The van der Waals surface area contributed by atoms with Crippen LogP contribution in [0.1, 0.15) is 43.4 Å². The van der Waals surface area contributed by atoms with Gasteiger partial charge in [-0.2, -0.15) is 0 Å². The number of methoxy groups -OCH3 is 1. The Bertz CT molecular complexity index is 406. The van der Waals surface area contributed by atoms with Gasteiger partial charge in [0.2, 0.25) is 0 Å². The minimum Gasteiger partial charge on any atom is -0.491 e. The van der Waals surface area contributed by atoms with Crippen molar-refractivity contribution in [1.29, 1.82) is 0 Å². The second kappa shape index (κ2) is 6.92. The van der Waals surface area contributed by atoms with Crippen LogP contribution >= 0.6 is 0 Å². The number of fused-ring (bicyclic) bond motifs is 1. The Labute approximate surface area is 116 Å². The van der Waals surface area contributed by atoms with E-state index in [4.69, 9.17) is 9.47 Å². The van der Waals surface area contributed by atoms with Crippen molar-refractivity contribution in [3.63, 3.8) is 0 Å². The third-order valence-corrected chi connectivity index (χ3v) is 3.84. The Morgan fingerprint density at radius 2 is 2.26 bits per heavy atom. The van der Waals surface area contributed by atoms with Crippen LogP contribution in [0.2, 0.25) is 0 Å². The smallest absolute Gasteiger partial charge is 0.119 e. The number of benzene rings is 1. The summed E-state index contributed by atoms with van der Waals surface area (Å²) in [6.07, 6.45) is 4.76. The molecule has 3 nitrogen and oxygen atoms in total. The van der Waals surface area contributed by atoms with E-state index < -0.39 is 0 Å². The normalized spacial score (nSPS) is 19.8. The number of nitrogens with one attached hydrogen (secondary N) is 1. The van der Waals surface area contributed by atoms with Gasteiger partial charge in [0.25, 0.3) is 0 Å². The zero-order valence-electron chi connectivity index (χ0n) is 12.2. The lowest BCUT2D eigenvalue weighted by Gasteiger charge is -2.26. The van der Waals surface area contributed by atoms with Crippen LogP contribution in [-0.2, 0) is 11.2 Å². The van der Waals surface area contributed by atoms with Crippen molar-refractivity contribution in [2.24, 2.45) is 0 Å². The minimum atomic E-state index is 0.196. The number of hydrogen-bond acceptors (Lipinski definition) is 3. The van der Waals surface area contributed by atoms with Gasteiger partial charge in [0, 0.05) is 26.2 Å². The molecule has 1 N–H and O–H groups in total. The van der Waals surface area contributed by atoms with Crippen LogP contribution in [0, 0.1) is 0 Å². The van der Waals surface area contributed by atoms with Crippen molar-refractivity contribution >= 4 is 0 Å². The fourth-order valence-corrected chi connectivity index (χ4v) is 2.74. The molecule has 0 aromatic heterocycles. The minimum absolute atomic E-state index is 0.196. The highest BCUT2D eigenvalue weighted by atomic mass is 16.5. The first-order valence-corrected chi connectivity index (χ1v) is 7.20. The molecule has 0 radical (unpaired) electrons. The van der Waals surface area contributed by atoms with Crippen molar-refractivity contribution in [3.8, 4) is 5.75 Å². The van der Waals surface area contributed by atoms with Crippen molar-refractivity contribution in [1.82, 2.24) is 5.32 Å². The van der Waals surface area contributed by atoms with Crippen LogP contribution in [0.5, 0.6) is 5.75 Å². The zero-order valence-corrected chi connectivity index (χ0v) is 12.2. The third-order valence-electron chi connectivity index (χ3n) is 3.84. The Balaban J connectivity index is 2.04. The van der Waals surface area contributed by atoms with E-state index in [9.17, 15) is 0 Å². The van der Waals surface area contributed by atoms with Crippen LogP contribution in [-0.4, -0.2) is 26.9 Å². The first-order chi connectivity index (χ1) is 9.24. The van der Waals surface area contributed by atoms with Crippen LogP contribution in [0.25, 0.3) is 0 Å². The lowest BCUT2D eigenvalue weighted by atomic mass is 9.87. The van der Waals surface area contributed by atoms with Crippen molar-refractivity contribution in [2.75, 3.05) is 20.8 Å². The van der Waals surface area contributed by atoms with Crippen molar-refractivity contribution in [3.05, 3.63) is 29.3 Å². The van der Waals surface area contributed by atoms with Gasteiger partial charge in [0.05, 0.1) is 6.10 Å². The van der Waals surface area contributed by atoms with Gasteiger partial charge in [-0.25, -0.2) is 0 Å². The van der Waals surface area contributed by atoms with E-state index in [2.05, 4.69) is 30.4 Å². The van der Waals surface area contributed by atoms with E-state index in [0.717, 1.165) is 25.2 Å². The van der Waals surface area contributed by atoms with E-state index in [1.807, 2.05) is 7.05 Å². The molecule has 3 heteroatoms. The maximum atomic E-state index is 5.95. The Kier molecular flexibility index (Phi) is 5.23. The Hall–Kier alpha value is -1.06. The predicted octanol–water partition coefficient (Wildman–Crippen LogP) is 3.09. The van der Waals surface area contributed by atoms with E-state index in [-0.39, 0.29) is 6.10 Å². The summed E-state index contributed by atoms with van der Waals surface area (Å²) in [7, 11) is 3.76. The summed E-state index contributed by atoms with van der Waals surface area (Å²) in [5.74, 6) is 0.985. The lowest BCUT2D eigenvalue weighted by Crippen LogP contribution is -2.21. The molecule has 106 valence electrons. The van der Waals surface area contributed by atoms with Gasteiger partial charge in [-0.1, -0.05) is 6.07 Å². The summed E-state index contributed by atoms with van der Waals surface area (Å²) in [5, 5.41) is 3.39. The van der Waals surface area contributed by atoms with Gasteiger partial charge in [-0.15, -0.1) is 0 Å². The van der Waals surface area contributed by atoms with Crippen LogP contribution in [0.15, 0.2) is 18.2 Å². The van der Waals surface area contributed by atoms with Gasteiger partial charge < -0.3 is 14.8 Å². The summed E-state index contributed by atoms with van der Waals surface area (Å²) >= 11 is 0. The number of hydrogen-bond donors (Lipinski definition) is 1. The molecule has 19 heavy (non-hydrogen) atoms. The first-order valence-electron chi connectivity index (χ1n) is 7.20. The van der Waals surface area contributed by atoms with Gasteiger partial charge in [0.1, 0.15) is 5.75 Å². The van der Waals surface area contributed by atoms with Crippen molar-refractivity contribution < 1.29 is 9.47 Å².